The van der Waals surface area contributed by atoms with Gasteiger partial charge in [0.2, 0.25) is 0 Å². The molecule has 1 N–H and O–H groups in total. The molecule has 0 fully saturated rings. The van der Waals surface area contributed by atoms with Crippen molar-refractivity contribution in [2.75, 3.05) is 6.61 Å². The van der Waals surface area contributed by atoms with Crippen LogP contribution in [-0.2, 0) is 15.7 Å². The number of amides is 1. The average Bonchev–Trinajstić information content (AvgIpc) is 2.47. The zero-order valence-corrected chi connectivity index (χ0v) is 13.4. The molecule has 0 saturated carbocycles. The number of hydrogen-bond donors (Lipinski definition) is 1. The molecule has 22 heavy (non-hydrogen) atoms. The van der Waals surface area contributed by atoms with E-state index in [0.29, 0.717) is 0 Å². The summed E-state index contributed by atoms with van der Waals surface area (Å²) in [7, 11) is 0. The number of nitrogens with one attached hydrogen (secondary N) is 1. The molecule has 0 aliphatic carbocycles. The summed E-state index contributed by atoms with van der Waals surface area (Å²) in [6, 6.07) is 11.8. The standard InChI is InChI=1S/C17H21N3O2/c1-16(2,12-19)13-7-5-8-14(11-13)17(3,4)20-15(21)22-10-6-9-18/h5,7-8,11H,6,10H2,1-4H3,(H,20,21). The number of rotatable bonds is 5. The Bertz CT molecular complexity index is 622. The molecule has 0 atom stereocenters. The maximum Gasteiger partial charge on any atom is 0.407 e. The highest BCUT2D eigenvalue weighted by molar-refractivity contribution is 5.68. The molecule has 0 heterocycles. The molecule has 116 valence electrons. The number of ether oxygens (including phenoxy) is 1. The van der Waals surface area contributed by atoms with Gasteiger partial charge in [-0.1, -0.05) is 24.3 Å². The fourth-order valence-electron chi connectivity index (χ4n) is 1.91. The van der Waals surface area contributed by atoms with Crippen LogP contribution in [0.2, 0.25) is 0 Å². The summed E-state index contributed by atoms with van der Waals surface area (Å²) < 4.78 is 4.93. The predicted molar refractivity (Wildman–Crippen MR) is 82.8 cm³/mol. The lowest BCUT2D eigenvalue weighted by Crippen LogP contribution is -2.41. The van der Waals surface area contributed by atoms with Crippen molar-refractivity contribution in [1.82, 2.24) is 5.32 Å². The smallest absolute Gasteiger partial charge is 0.407 e. The Kier molecular flexibility index (Phi) is 5.54. The van der Waals surface area contributed by atoms with E-state index >= 15 is 0 Å². The van der Waals surface area contributed by atoms with Gasteiger partial charge in [0.25, 0.3) is 0 Å². The third-order valence-corrected chi connectivity index (χ3v) is 3.45. The molecule has 0 aromatic heterocycles. The number of alkyl carbamates (subject to hydrolysis) is 1. The average molecular weight is 299 g/mol. The highest BCUT2D eigenvalue weighted by Crippen LogP contribution is 2.27. The lowest BCUT2D eigenvalue weighted by atomic mass is 9.83. The third kappa shape index (κ3) is 4.49. The molecular formula is C17H21N3O2. The van der Waals surface area contributed by atoms with E-state index in [4.69, 9.17) is 10.00 Å². The molecule has 0 unspecified atom stereocenters. The summed E-state index contributed by atoms with van der Waals surface area (Å²) in [5.74, 6) is 0. The fourth-order valence-corrected chi connectivity index (χ4v) is 1.91. The Balaban J connectivity index is 2.90. The minimum Gasteiger partial charge on any atom is -0.448 e. The van der Waals surface area contributed by atoms with Gasteiger partial charge in [0.1, 0.15) is 6.61 Å². The second-order valence-electron chi connectivity index (χ2n) is 6.11. The molecule has 1 aromatic rings. The minimum atomic E-state index is -0.648. The molecule has 0 radical (unpaired) electrons. The van der Waals surface area contributed by atoms with Gasteiger partial charge < -0.3 is 10.1 Å². The van der Waals surface area contributed by atoms with Gasteiger partial charge in [0.05, 0.1) is 29.5 Å². The van der Waals surface area contributed by atoms with Crippen LogP contribution in [0, 0.1) is 22.7 Å². The Labute approximate surface area is 131 Å². The number of nitrogens with zero attached hydrogens (tertiary/aromatic N) is 2. The van der Waals surface area contributed by atoms with Crippen LogP contribution in [0.25, 0.3) is 0 Å². The first-order valence-electron chi connectivity index (χ1n) is 7.07. The highest BCUT2D eigenvalue weighted by atomic mass is 16.5. The van der Waals surface area contributed by atoms with Crippen LogP contribution in [0.4, 0.5) is 4.79 Å². The molecule has 0 saturated heterocycles. The number of benzene rings is 1. The van der Waals surface area contributed by atoms with Gasteiger partial charge >= 0.3 is 6.09 Å². The number of carbonyl (C=O) groups excluding carboxylic acids is 1. The molecule has 0 aliphatic heterocycles. The maximum atomic E-state index is 11.7. The van der Waals surface area contributed by atoms with Crippen molar-refractivity contribution < 1.29 is 9.53 Å². The highest BCUT2D eigenvalue weighted by Gasteiger charge is 2.26. The van der Waals surface area contributed by atoms with Crippen molar-refractivity contribution in [3.8, 4) is 12.1 Å². The molecular weight excluding hydrogens is 278 g/mol. The molecule has 1 rings (SSSR count). The topological polar surface area (TPSA) is 85.9 Å². The molecule has 0 aliphatic rings. The van der Waals surface area contributed by atoms with Crippen LogP contribution in [0.15, 0.2) is 24.3 Å². The summed E-state index contributed by atoms with van der Waals surface area (Å²) in [5.41, 5.74) is 0.524. The van der Waals surface area contributed by atoms with E-state index < -0.39 is 17.0 Å². The first-order chi connectivity index (χ1) is 10.2. The Morgan fingerprint density at radius 1 is 1.23 bits per heavy atom. The summed E-state index contributed by atoms with van der Waals surface area (Å²) in [6.07, 6.45) is -0.398. The van der Waals surface area contributed by atoms with E-state index in [0.717, 1.165) is 11.1 Å². The Hall–Kier alpha value is -2.53. The number of nitriles is 2. The van der Waals surface area contributed by atoms with Crippen LogP contribution in [0.5, 0.6) is 0 Å². The molecule has 1 aromatic carbocycles. The SMILES string of the molecule is CC(C)(C#N)c1cccc(C(C)(C)NC(=O)OCCC#N)c1. The summed E-state index contributed by atoms with van der Waals surface area (Å²) in [4.78, 5) is 11.7. The first-order valence-corrected chi connectivity index (χ1v) is 7.07. The van der Waals surface area contributed by atoms with Gasteiger partial charge in [-0.15, -0.1) is 0 Å². The van der Waals surface area contributed by atoms with Crippen LogP contribution in [0.3, 0.4) is 0 Å². The van der Waals surface area contributed by atoms with E-state index in [1.54, 1.807) is 0 Å². The summed E-state index contributed by atoms with van der Waals surface area (Å²) in [6.45, 7) is 7.49. The largest absolute Gasteiger partial charge is 0.448 e. The van der Waals surface area contributed by atoms with Gasteiger partial charge in [-0.2, -0.15) is 10.5 Å². The van der Waals surface area contributed by atoms with E-state index in [9.17, 15) is 10.1 Å². The minimum absolute atomic E-state index is 0.0694. The van der Waals surface area contributed by atoms with E-state index in [2.05, 4.69) is 11.4 Å². The normalized spacial score (nSPS) is 11.2. The van der Waals surface area contributed by atoms with Crippen molar-refractivity contribution in [3.05, 3.63) is 35.4 Å². The number of carbonyl (C=O) groups is 1. The van der Waals surface area contributed by atoms with Crippen molar-refractivity contribution in [3.63, 3.8) is 0 Å². The molecule has 1 amide bonds. The lowest BCUT2D eigenvalue weighted by molar-refractivity contribution is 0.138. The second-order valence-corrected chi connectivity index (χ2v) is 6.11. The second kappa shape index (κ2) is 6.95. The third-order valence-electron chi connectivity index (χ3n) is 3.45. The van der Waals surface area contributed by atoms with Crippen LogP contribution in [0.1, 0.15) is 45.2 Å². The van der Waals surface area contributed by atoms with Gasteiger partial charge in [0.15, 0.2) is 0 Å². The van der Waals surface area contributed by atoms with Gasteiger partial charge in [-0.25, -0.2) is 4.79 Å². The van der Waals surface area contributed by atoms with Crippen molar-refractivity contribution in [1.29, 1.82) is 10.5 Å². The van der Waals surface area contributed by atoms with Gasteiger partial charge in [-0.3, -0.25) is 0 Å². The summed E-state index contributed by atoms with van der Waals surface area (Å²) >= 11 is 0. The zero-order chi connectivity index (χ0) is 16.8. The molecule has 0 bridgehead atoms. The molecule has 0 spiro atoms. The fraction of sp³-hybridized carbons (Fsp3) is 0.471. The van der Waals surface area contributed by atoms with E-state index in [1.165, 1.54) is 0 Å². The summed E-state index contributed by atoms with van der Waals surface area (Å²) in [5, 5.41) is 20.4. The van der Waals surface area contributed by atoms with Crippen molar-refractivity contribution >= 4 is 6.09 Å². The van der Waals surface area contributed by atoms with Crippen molar-refractivity contribution in [2.45, 2.75) is 45.1 Å². The Morgan fingerprint density at radius 2 is 1.86 bits per heavy atom. The Morgan fingerprint density at radius 3 is 2.45 bits per heavy atom. The molecule has 5 heteroatoms. The van der Waals surface area contributed by atoms with Crippen LogP contribution < -0.4 is 5.32 Å². The van der Waals surface area contributed by atoms with E-state index in [-0.39, 0.29) is 13.0 Å². The predicted octanol–water partition coefficient (Wildman–Crippen LogP) is 3.36. The van der Waals surface area contributed by atoms with Crippen LogP contribution >= 0.6 is 0 Å². The van der Waals surface area contributed by atoms with Crippen molar-refractivity contribution in [2.24, 2.45) is 0 Å². The monoisotopic (exact) mass is 299 g/mol. The first kappa shape index (κ1) is 17.5. The quantitative estimate of drug-likeness (QED) is 0.845. The molecule has 5 nitrogen and oxygen atoms in total. The van der Waals surface area contributed by atoms with Gasteiger partial charge in [0, 0.05) is 0 Å². The van der Waals surface area contributed by atoms with Gasteiger partial charge in [-0.05, 0) is 38.8 Å². The zero-order valence-electron chi connectivity index (χ0n) is 13.4. The number of hydrogen-bond acceptors (Lipinski definition) is 4. The van der Waals surface area contributed by atoms with E-state index in [1.807, 2.05) is 58.0 Å². The van der Waals surface area contributed by atoms with Crippen LogP contribution in [-0.4, -0.2) is 12.7 Å². The lowest BCUT2D eigenvalue weighted by Gasteiger charge is -2.28. The maximum absolute atomic E-state index is 11.7.